The summed E-state index contributed by atoms with van der Waals surface area (Å²) in [6, 6.07) is 12.4. The van der Waals surface area contributed by atoms with Crippen molar-refractivity contribution in [2.24, 2.45) is 0 Å². The molecule has 0 unspecified atom stereocenters. The number of pyridine rings is 1. The molecule has 0 amide bonds. The Labute approximate surface area is 131 Å². The van der Waals surface area contributed by atoms with Crippen LogP contribution < -0.4 is 5.32 Å². The van der Waals surface area contributed by atoms with Crippen LogP contribution in [0.2, 0.25) is 0 Å². The van der Waals surface area contributed by atoms with Gasteiger partial charge in [0.2, 0.25) is 0 Å². The minimum absolute atomic E-state index is 0.823. The molecule has 0 saturated heterocycles. The second-order valence-corrected chi connectivity index (χ2v) is 5.40. The van der Waals surface area contributed by atoms with E-state index in [1.807, 2.05) is 29.1 Å². The molecule has 0 fully saturated rings. The van der Waals surface area contributed by atoms with Crippen LogP contribution in [-0.4, -0.2) is 21.3 Å². The molecule has 4 heteroatoms. The first kappa shape index (κ1) is 14.6. The first-order valence-electron chi connectivity index (χ1n) is 7.99. The number of nitrogens with one attached hydrogen (secondary N) is 1. The van der Waals surface area contributed by atoms with Crippen molar-refractivity contribution < 1.29 is 0 Å². The Balaban J connectivity index is 2.09. The maximum absolute atomic E-state index is 4.83. The molecule has 114 valence electrons. The number of benzene rings is 1. The predicted molar refractivity (Wildman–Crippen MR) is 92.0 cm³/mol. The third kappa shape index (κ3) is 2.82. The van der Waals surface area contributed by atoms with Crippen molar-refractivity contribution >= 4 is 16.7 Å². The highest BCUT2D eigenvalue weighted by Gasteiger charge is 2.11. The van der Waals surface area contributed by atoms with E-state index in [9.17, 15) is 0 Å². The highest BCUT2D eigenvalue weighted by atomic mass is 15.3. The van der Waals surface area contributed by atoms with Crippen molar-refractivity contribution in [3.8, 4) is 11.3 Å². The van der Waals surface area contributed by atoms with Gasteiger partial charge < -0.3 is 5.32 Å². The maximum atomic E-state index is 4.83. The van der Waals surface area contributed by atoms with Gasteiger partial charge in [0.25, 0.3) is 0 Å². The van der Waals surface area contributed by atoms with Crippen LogP contribution in [0.3, 0.4) is 0 Å². The van der Waals surface area contributed by atoms with E-state index in [0.29, 0.717) is 0 Å². The summed E-state index contributed by atoms with van der Waals surface area (Å²) in [5.41, 5.74) is 4.19. The molecule has 1 aromatic carbocycles. The highest BCUT2D eigenvalue weighted by Crippen LogP contribution is 2.28. The lowest BCUT2D eigenvalue weighted by atomic mass is 10.1. The fraction of sp³-hybridized carbons (Fsp3) is 0.333. The van der Waals surface area contributed by atoms with Crippen LogP contribution in [0.25, 0.3) is 22.3 Å². The molecule has 2 heterocycles. The molecule has 0 aliphatic rings. The number of hydrogen-bond acceptors (Lipinski definition) is 3. The molecule has 3 rings (SSSR count). The van der Waals surface area contributed by atoms with Gasteiger partial charge in [-0.2, -0.15) is 5.10 Å². The Kier molecular flexibility index (Phi) is 4.37. The lowest BCUT2D eigenvalue weighted by molar-refractivity contribution is 0.677. The summed E-state index contributed by atoms with van der Waals surface area (Å²) in [5, 5.41) is 9.09. The van der Waals surface area contributed by atoms with E-state index in [0.717, 1.165) is 47.5 Å². The topological polar surface area (TPSA) is 42.7 Å². The second kappa shape index (κ2) is 6.60. The molecule has 3 aromatic rings. The predicted octanol–water partition coefficient (Wildman–Crippen LogP) is 4.33. The number of anilines is 1. The van der Waals surface area contributed by atoms with Gasteiger partial charge in [-0.05, 0) is 19.4 Å². The SMILES string of the molecule is CCCCNc1cc(-c2ccccc2)nc2c1cnn2CC. The van der Waals surface area contributed by atoms with Crippen LogP contribution in [0.5, 0.6) is 0 Å². The molecule has 1 N–H and O–H groups in total. The van der Waals surface area contributed by atoms with Crippen molar-refractivity contribution in [1.29, 1.82) is 0 Å². The molecule has 2 aromatic heterocycles. The van der Waals surface area contributed by atoms with Gasteiger partial charge in [-0.15, -0.1) is 0 Å². The van der Waals surface area contributed by atoms with Crippen LogP contribution in [0.1, 0.15) is 26.7 Å². The third-order valence-corrected chi connectivity index (χ3v) is 3.82. The van der Waals surface area contributed by atoms with E-state index in [2.05, 4.69) is 42.5 Å². The molecule has 22 heavy (non-hydrogen) atoms. The molecule has 0 aliphatic heterocycles. The van der Waals surface area contributed by atoms with Crippen molar-refractivity contribution in [3.05, 3.63) is 42.6 Å². The number of nitrogens with zero attached hydrogens (tertiary/aromatic N) is 3. The van der Waals surface area contributed by atoms with Gasteiger partial charge in [0, 0.05) is 24.3 Å². The Bertz CT molecular complexity index is 746. The Morgan fingerprint density at radius 3 is 2.68 bits per heavy atom. The van der Waals surface area contributed by atoms with E-state index in [1.54, 1.807) is 0 Å². The largest absolute Gasteiger partial charge is 0.384 e. The van der Waals surface area contributed by atoms with Gasteiger partial charge >= 0.3 is 0 Å². The Hall–Kier alpha value is -2.36. The number of aromatic nitrogens is 3. The summed E-state index contributed by atoms with van der Waals surface area (Å²) < 4.78 is 1.95. The normalized spacial score (nSPS) is 11.0. The first-order valence-corrected chi connectivity index (χ1v) is 7.99. The molecular formula is C18H22N4. The lowest BCUT2D eigenvalue weighted by Gasteiger charge is -2.10. The van der Waals surface area contributed by atoms with Gasteiger partial charge in [0.15, 0.2) is 5.65 Å². The molecule has 0 radical (unpaired) electrons. The van der Waals surface area contributed by atoms with Crippen LogP contribution in [0.15, 0.2) is 42.6 Å². The van der Waals surface area contributed by atoms with Crippen molar-refractivity contribution in [1.82, 2.24) is 14.8 Å². The van der Waals surface area contributed by atoms with Crippen molar-refractivity contribution in [3.63, 3.8) is 0 Å². The van der Waals surface area contributed by atoms with E-state index in [1.165, 1.54) is 6.42 Å². The van der Waals surface area contributed by atoms with E-state index < -0.39 is 0 Å². The van der Waals surface area contributed by atoms with Crippen molar-refractivity contribution in [2.75, 3.05) is 11.9 Å². The standard InChI is InChI=1S/C18H22N4/c1-3-5-11-19-17-12-16(14-9-7-6-8-10-14)21-18-15(17)13-20-22(18)4-2/h6-10,12-13H,3-5,11H2,1-2H3,(H,19,21). The summed E-state index contributed by atoms with van der Waals surface area (Å²) in [7, 11) is 0. The minimum atomic E-state index is 0.823. The third-order valence-electron chi connectivity index (χ3n) is 3.82. The number of rotatable bonds is 6. The molecule has 0 saturated carbocycles. The van der Waals surface area contributed by atoms with Crippen LogP contribution in [0.4, 0.5) is 5.69 Å². The van der Waals surface area contributed by atoms with E-state index in [4.69, 9.17) is 4.98 Å². The minimum Gasteiger partial charge on any atom is -0.384 e. The summed E-state index contributed by atoms with van der Waals surface area (Å²) in [5.74, 6) is 0. The Morgan fingerprint density at radius 2 is 1.95 bits per heavy atom. The molecule has 0 aliphatic carbocycles. The summed E-state index contributed by atoms with van der Waals surface area (Å²) in [4.78, 5) is 4.83. The fourth-order valence-corrected chi connectivity index (χ4v) is 2.58. The van der Waals surface area contributed by atoms with Crippen LogP contribution in [-0.2, 0) is 6.54 Å². The highest BCUT2D eigenvalue weighted by molar-refractivity contribution is 5.91. The zero-order chi connectivity index (χ0) is 15.4. The van der Waals surface area contributed by atoms with E-state index >= 15 is 0 Å². The number of fused-ring (bicyclic) bond motifs is 1. The monoisotopic (exact) mass is 294 g/mol. The smallest absolute Gasteiger partial charge is 0.160 e. The maximum Gasteiger partial charge on any atom is 0.160 e. The molecular weight excluding hydrogens is 272 g/mol. The number of unbranched alkanes of at least 4 members (excludes halogenated alkanes) is 1. The van der Waals surface area contributed by atoms with Crippen LogP contribution >= 0.6 is 0 Å². The Morgan fingerprint density at radius 1 is 1.14 bits per heavy atom. The van der Waals surface area contributed by atoms with Gasteiger partial charge in [-0.1, -0.05) is 43.7 Å². The zero-order valence-corrected chi connectivity index (χ0v) is 13.2. The fourth-order valence-electron chi connectivity index (χ4n) is 2.58. The first-order chi connectivity index (χ1) is 10.8. The molecule has 0 spiro atoms. The lowest BCUT2D eigenvalue weighted by Crippen LogP contribution is -2.03. The van der Waals surface area contributed by atoms with Crippen molar-refractivity contribution in [2.45, 2.75) is 33.2 Å². The summed E-state index contributed by atoms with van der Waals surface area (Å²) in [6.07, 6.45) is 4.25. The van der Waals surface area contributed by atoms with Crippen LogP contribution in [0, 0.1) is 0 Å². The van der Waals surface area contributed by atoms with Gasteiger partial charge in [0.05, 0.1) is 17.3 Å². The summed E-state index contributed by atoms with van der Waals surface area (Å²) >= 11 is 0. The van der Waals surface area contributed by atoms with E-state index in [-0.39, 0.29) is 0 Å². The molecule has 0 atom stereocenters. The van der Waals surface area contributed by atoms with Gasteiger partial charge in [-0.25, -0.2) is 9.67 Å². The van der Waals surface area contributed by atoms with Gasteiger partial charge in [0.1, 0.15) is 0 Å². The quantitative estimate of drug-likeness (QED) is 0.688. The summed E-state index contributed by atoms with van der Waals surface area (Å²) in [6.45, 7) is 6.09. The number of hydrogen-bond donors (Lipinski definition) is 1. The second-order valence-electron chi connectivity index (χ2n) is 5.40. The zero-order valence-electron chi connectivity index (χ0n) is 13.2. The average Bonchev–Trinajstić information content (AvgIpc) is 2.99. The molecule has 4 nitrogen and oxygen atoms in total. The number of aryl methyl sites for hydroxylation is 1. The average molecular weight is 294 g/mol. The molecule has 0 bridgehead atoms. The van der Waals surface area contributed by atoms with Gasteiger partial charge in [-0.3, -0.25) is 0 Å².